The zero-order valence-corrected chi connectivity index (χ0v) is 8.38. The number of aromatic nitrogens is 2. The van der Waals surface area contributed by atoms with Gasteiger partial charge >= 0.3 is 0 Å². The third-order valence-electron chi connectivity index (χ3n) is 1.04. The van der Waals surface area contributed by atoms with Gasteiger partial charge in [-0.3, -0.25) is 15.4 Å². The fraction of sp³-hybridized carbons (Fsp3) is 0. The molecule has 6 N–H and O–H groups in total. The Bertz CT molecular complexity index is 267. The molecule has 8 heteroatoms. The molecule has 0 fully saturated rings. The highest BCUT2D eigenvalue weighted by atomic mass is 32.2. The summed E-state index contributed by atoms with van der Waals surface area (Å²) in [6.07, 6.45) is 1.60. The summed E-state index contributed by atoms with van der Waals surface area (Å²) in [5.74, 6) is 0. The van der Waals surface area contributed by atoms with Gasteiger partial charge in [-0.2, -0.15) is 0 Å². The van der Waals surface area contributed by atoms with Crippen molar-refractivity contribution in [3.63, 3.8) is 0 Å². The van der Waals surface area contributed by atoms with Gasteiger partial charge in [0, 0.05) is 6.20 Å². The van der Waals surface area contributed by atoms with Crippen molar-refractivity contribution in [3.05, 3.63) is 6.20 Å². The molecule has 0 unspecified atom stereocenters. The molecular formula is C4H7N5S3. The standard InChI is InChI=1S/C4H7N5S3/c5-10-2-1-8-4(12-7)9-3(2)11-6/h1H,5-7H2. The third kappa shape index (κ3) is 2.25. The summed E-state index contributed by atoms with van der Waals surface area (Å²) in [7, 11) is 0. The lowest BCUT2D eigenvalue weighted by molar-refractivity contribution is 0.840. The number of rotatable bonds is 3. The molecule has 0 atom stereocenters. The Balaban J connectivity index is 3.02. The maximum Gasteiger partial charge on any atom is 0.203 e. The summed E-state index contributed by atoms with van der Waals surface area (Å²) < 4.78 is 0. The summed E-state index contributed by atoms with van der Waals surface area (Å²) in [5, 5.41) is 17.1. The highest BCUT2D eigenvalue weighted by Gasteiger charge is 2.05. The lowest BCUT2D eigenvalue weighted by atomic mass is 10.7. The van der Waals surface area contributed by atoms with Crippen molar-refractivity contribution < 1.29 is 0 Å². The number of nitrogens with zero attached hydrogens (tertiary/aromatic N) is 2. The predicted molar refractivity (Wildman–Crippen MR) is 52.2 cm³/mol. The van der Waals surface area contributed by atoms with Gasteiger partial charge in [-0.05, 0) is 35.8 Å². The second-order valence-electron chi connectivity index (χ2n) is 1.68. The summed E-state index contributed by atoms with van der Waals surface area (Å²) in [6.45, 7) is 0. The Morgan fingerprint density at radius 2 is 1.83 bits per heavy atom. The van der Waals surface area contributed by atoms with Gasteiger partial charge in [-0.1, -0.05) is 0 Å². The summed E-state index contributed by atoms with van der Waals surface area (Å²) in [5.41, 5.74) is 0. The van der Waals surface area contributed by atoms with Crippen LogP contribution in [0.1, 0.15) is 0 Å². The van der Waals surface area contributed by atoms with Crippen molar-refractivity contribution in [2.75, 3.05) is 0 Å². The van der Waals surface area contributed by atoms with Crippen LogP contribution in [0.25, 0.3) is 0 Å². The van der Waals surface area contributed by atoms with E-state index in [0.29, 0.717) is 10.2 Å². The van der Waals surface area contributed by atoms with E-state index in [9.17, 15) is 0 Å². The second kappa shape index (κ2) is 4.90. The van der Waals surface area contributed by atoms with Crippen LogP contribution in [0, 0.1) is 0 Å². The van der Waals surface area contributed by atoms with Gasteiger partial charge in [0.2, 0.25) is 5.16 Å². The molecule has 0 bridgehead atoms. The molecule has 1 aromatic heterocycles. The van der Waals surface area contributed by atoms with Crippen molar-refractivity contribution >= 4 is 35.8 Å². The van der Waals surface area contributed by atoms with Crippen molar-refractivity contribution in [2.24, 2.45) is 15.4 Å². The molecule has 0 aliphatic rings. The molecule has 0 saturated heterocycles. The van der Waals surface area contributed by atoms with E-state index in [2.05, 4.69) is 9.97 Å². The predicted octanol–water partition coefficient (Wildman–Crippen LogP) is 0.374. The molecule has 0 aliphatic heterocycles. The normalized spacial score (nSPS) is 10.2. The van der Waals surface area contributed by atoms with Gasteiger partial charge in [0.05, 0.1) is 4.90 Å². The quantitative estimate of drug-likeness (QED) is 0.382. The smallest absolute Gasteiger partial charge is 0.203 e. The van der Waals surface area contributed by atoms with Crippen molar-refractivity contribution in [1.29, 1.82) is 0 Å². The molecule has 1 heterocycles. The highest BCUT2D eigenvalue weighted by molar-refractivity contribution is 8.00. The van der Waals surface area contributed by atoms with Crippen molar-refractivity contribution in [1.82, 2.24) is 9.97 Å². The molecule has 0 aromatic carbocycles. The van der Waals surface area contributed by atoms with Gasteiger partial charge in [0.25, 0.3) is 0 Å². The molecule has 0 saturated carbocycles. The number of hydrogen-bond donors (Lipinski definition) is 3. The van der Waals surface area contributed by atoms with Crippen LogP contribution in [0.5, 0.6) is 0 Å². The first-order valence-electron chi connectivity index (χ1n) is 2.79. The van der Waals surface area contributed by atoms with E-state index in [-0.39, 0.29) is 0 Å². The average molecular weight is 221 g/mol. The van der Waals surface area contributed by atoms with Crippen LogP contribution in [-0.4, -0.2) is 9.97 Å². The van der Waals surface area contributed by atoms with Crippen LogP contribution >= 0.6 is 35.8 Å². The van der Waals surface area contributed by atoms with Crippen LogP contribution < -0.4 is 15.4 Å². The fourth-order valence-electron chi connectivity index (χ4n) is 0.562. The summed E-state index contributed by atoms with van der Waals surface area (Å²) in [6, 6.07) is 0. The fourth-order valence-corrected chi connectivity index (χ4v) is 1.73. The molecule has 0 radical (unpaired) electrons. The molecule has 12 heavy (non-hydrogen) atoms. The lowest BCUT2D eigenvalue weighted by Gasteiger charge is -2.02. The second-order valence-corrected chi connectivity index (χ2v) is 3.57. The third-order valence-corrected chi connectivity index (χ3v) is 2.67. The minimum Gasteiger partial charge on any atom is -0.273 e. The van der Waals surface area contributed by atoms with Crippen molar-refractivity contribution in [2.45, 2.75) is 15.1 Å². The maximum atomic E-state index is 5.36. The van der Waals surface area contributed by atoms with Gasteiger partial charge in [-0.25, -0.2) is 9.97 Å². The van der Waals surface area contributed by atoms with E-state index in [1.807, 2.05) is 0 Å². The van der Waals surface area contributed by atoms with E-state index >= 15 is 0 Å². The average Bonchev–Trinajstić information content (AvgIpc) is 2.16. The van der Waals surface area contributed by atoms with Crippen LogP contribution in [0.2, 0.25) is 0 Å². The minimum atomic E-state index is 0.487. The SMILES string of the molecule is NSc1ncc(SN)c(SN)n1. The monoisotopic (exact) mass is 221 g/mol. The maximum absolute atomic E-state index is 5.36. The molecule has 66 valence electrons. The molecule has 0 aliphatic carbocycles. The Labute approximate surface area is 82.7 Å². The molecular weight excluding hydrogens is 214 g/mol. The van der Waals surface area contributed by atoms with E-state index in [4.69, 9.17) is 15.4 Å². The first kappa shape index (κ1) is 10.1. The molecule has 1 rings (SSSR count). The van der Waals surface area contributed by atoms with Crippen LogP contribution in [0.3, 0.4) is 0 Å². The van der Waals surface area contributed by atoms with Gasteiger partial charge in [-0.15, -0.1) is 0 Å². The van der Waals surface area contributed by atoms with Crippen LogP contribution in [-0.2, 0) is 0 Å². The van der Waals surface area contributed by atoms with E-state index in [1.165, 1.54) is 0 Å². The summed E-state index contributed by atoms with van der Waals surface area (Å²) >= 11 is 3.07. The first-order chi connectivity index (χ1) is 5.81. The van der Waals surface area contributed by atoms with Crippen molar-refractivity contribution in [3.8, 4) is 0 Å². The highest BCUT2D eigenvalue weighted by Crippen LogP contribution is 2.23. The molecule has 1 aromatic rings. The summed E-state index contributed by atoms with van der Waals surface area (Å²) in [4.78, 5) is 8.73. The Morgan fingerprint density at radius 3 is 2.33 bits per heavy atom. The minimum absolute atomic E-state index is 0.487. The Morgan fingerprint density at radius 1 is 1.08 bits per heavy atom. The van der Waals surface area contributed by atoms with E-state index in [1.54, 1.807) is 6.20 Å². The van der Waals surface area contributed by atoms with Crippen LogP contribution in [0.15, 0.2) is 21.3 Å². The molecule has 0 amide bonds. The largest absolute Gasteiger partial charge is 0.273 e. The van der Waals surface area contributed by atoms with Crippen LogP contribution in [0.4, 0.5) is 0 Å². The zero-order chi connectivity index (χ0) is 8.97. The topological polar surface area (TPSA) is 104 Å². The molecule has 5 nitrogen and oxygen atoms in total. The van der Waals surface area contributed by atoms with E-state index in [0.717, 1.165) is 40.7 Å². The van der Waals surface area contributed by atoms with E-state index < -0.39 is 0 Å². The van der Waals surface area contributed by atoms with Gasteiger partial charge in [0.15, 0.2) is 0 Å². The Hall–Kier alpha value is 0.01000. The number of hydrogen-bond acceptors (Lipinski definition) is 8. The van der Waals surface area contributed by atoms with Gasteiger partial charge < -0.3 is 0 Å². The first-order valence-corrected chi connectivity index (χ1v) is 5.43. The Kier molecular flexibility index (Phi) is 4.12. The number of nitrogens with two attached hydrogens (primary N) is 3. The van der Waals surface area contributed by atoms with Gasteiger partial charge in [0.1, 0.15) is 5.03 Å². The zero-order valence-electron chi connectivity index (χ0n) is 5.93. The lowest BCUT2D eigenvalue weighted by Crippen LogP contribution is -1.97. The molecule has 0 spiro atoms.